The molecule has 4 rings (SSSR count). The van der Waals surface area contributed by atoms with Crippen LogP contribution in [-0.2, 0) is 6.54 Å². The van der Waals surface area contributed by atoms with Crippen molar-refractivity contribution in [3.63, 3.8) is 0 Å². The number of carbonyl (C=O) groups excluding carboxylic acids is 1. The van der Waals surface area contributed by atoms with Crippen LogP contribution in [0.5, 0.6) is 0 Å². The van der Waals surface area contributed by atoms with E-state index in [1.54, 1.807) is 18.3 Å². The molecule has 0 radical (unpaired) electrons. The maximum absolute atomic E-state index is 12.4. The molecule has 1 aromatic heterocycles. The van der Waals surface area contributed by atoms with E-state index in [1.807, 2.05) is 56.3 Å². The Morgan fingerprint density at radius 1 is 1.00 bits per heavy atom. The van der Waals surface area contributed by atoms with Crippen LogP contribution < -0.4 is 5.43 Å². The summed E-state index contributed by atoms with van der Waals surface area (Å²) in [5, 5.41) is 16.8. The summed E-state index contributed by atoms with van der Waals surface area (Å²) in [6, 6.07) is 21.2. The Labute approximate surface area is 186 Å². The van der Waals surface area contributed by atoms with Crippen LogP contribution in [-0.4, -0.2) is 32.3 Å². The van der Waals surface area contributed by atoms with Gasteiger partial charge in [-0.25, -0.2) is 5.43 Å². The quantitative estimate of drug-likeness (QED) is 0.373. The minimum Gasteiger partial charge on any atom is -0.267 e. The van der Waals surface area contributed by atoms with E-state index in [2.05, 4.69) is 45.0 Å². The monoisotopic (exact) mass is 424 g/mol. The van der Waals surface area contributed by atoms with E-state index in [9.17, 15) is 4.79 Å². The van der Waals surface area contributed by atoms with Crippen LogP contribution in [0.15, 0.2) is 71.8 Å². The number of aromatic nitrogens is 4. The van der Waals surface area contributed by atoms with Crippen molar-refractivity contribution in [3.8, 4) is 11.4 Å². The molecule has 1 amide bonds. The molecular weight excluding hydrogens is 400 g/mol. The molecule has 0 aliphatic rings. The first-order valence-electron chi connectivity index (χ1n) is 10.3. The minimum absolute atomic E-state index is 0.263. The Hall–Kier alpha value is -4.13. The van der Waals surface area contributed by atoms with Gasteiger partial charge in [-0.3, -0.25) is 4.79 Å². The maximum Gasteiger partial charge on any atom is 0.271 e. The molecule has 32 heavy (non-hydrogen) atoms. The third-order valence-electron chi connectivity index (χ3n) is 5.12. The van der Waals surface area contributed by atoms with Crippen LogP contribution in [0.25, 0.3) is 11.4 Å². The summed E-state index contributed by atoms with van der Waals surface area (Å²) >= 11 is 0. The Balaban J connectivity index is 1.37. The zero-order valence-corrected chi connectivity index (χ0v) is 18.3. The number of tetrazole rings is 1. The predicted octanol–water partition coefficient (Wildman–Crippen LogP) is 4.08. The van der Waals surface area contributed by atoms with Crippen LogP contribution >= 0.6 is 0 Å². The molecule has 0 fully saturated rings. The number of carbonyl (C=O) groups is 1. The molecule has 7 nitrogen and oxygen atoms in total. The molecule has 160 valence electrons. The summed E-state index contributed by atoms with van der Waals surface area (Å²) in [6.45, 7) is 6.60. The molecule has 0 aliphatic heterocycles. The Morgan fingerprint density at radius 2 is 1.69 bits per heavy atom. The number of amides is 1. The zero-order valence-electron chi connectivity index (χ0n) is 18.3. The van der Waals surface area contributed by atoms with Gasteiger partial charge in [-0.1, -0.05) is 60.2 Å². The van der Waals surface area contributed by atoms with E-state index in [0.717, 1.165) is 27.8 Å². The standard InChI is InChI=1S/C25H24N6O/c1-17-13-18(2)23(19(3)14-17)15-26-28-25(32)22-11-9-20(10-12-22)16-31-29-24(27-30-31)21-7-5-4-6-8-21/h4-15H,16H2,1-3H3,(H,28,32)/b26-15+. The average Bonchev–Trinajstić information content (AvgIpc) is 3.25. The smallest absolute Gasteiger partial charge is 0.267 e. The van der Waals surface area contributed by atoms with E-state index in [0.29, 0.717) is 17.9 Å². The number of rotatable bonds is 6. The number of nitrogens with zero attached hydrogens (tertiary/aromatic N) is 5. The molecule has 3 aromatic carbocycles. The van der Waals surface area contributed by atoms with Gasteiger partial charge in [-0.2, -0.15) is 9.90 Å². The van der Waals surface area contributed by atoms with E-state index in [4.69, 9.17) is 0 Å². The molecule has 7 heteroatoms. The minimum atomic E-state index is -0.263. The Kier molecular flexibility index (Phi) is 6.17. The lowest BCUT2D eigenvalue weighted by molar-refractivity contribution is 0.0955. The summed E-state index contributed by atoms with van der Waals surface area (Å²) in [5.74, 6) is 0.318. The highest BCUT2D eigenvalue weighted by Crippen LogP contribution is 2.15. The van der Waals surface area contributed by atoms with Crippen molar-refractivity contribution in [2.24, 2.45) is 5.10 Å². The number of hydrazone groups is 1. The maximum atomic E-state index is 12.4. The molecule has 0 bridgehead atoms. The number of benzene rings is 3. The van der Waals surface area contributed by atoms with Crippen molar-refractivity contribution < 1.29 is 4.79 Å². The Morgan fingerprint density at radius 3 is 2.38 bits per heavy atom. The normalized spacial score (nSPS) is 11.1. The second-order valence-corrected chi connectivity index (χ2v) is 7.72. The van der Waals surface area contributed by atoms with Crippen molar-refractivity contribution in [1.82, 2.24) is 25.6 Å². The third-order valence-corrected chi connectivity index (χ3v) is 5.12. The molecule has 1 N–H and O–H groups in total. The number of hydrogen-bond acceptors (Lipinski definition) is 5. The molecule has 0 unspecified atom stereocenters. The first-order valence-corrected chi connectivity index (χ1v) is 10.3. The van der Waals surface area contributed by atoms with Gasteiger partial charge in [0.2, 0.25) is 5.82 Å². The Bertz CT molecular complexity index is 1240. The lowest BCUT2D eigenvalue weighted by Crippen LogP contribution is -2.17. The molecule has 0 spiro atoms. The molecule has 0 atom stereocenters. The van der Waals surface area contributed by atoms with Gasteiger partial charge in [0.1, 0.15) is 0 Å². The van der Waals surface area contributed by atoms with Gasteiger partial charge in [-0.15, -0.1) is 10.2 Å². The molecule has 0 saturated heterocycles. The topological polar surface area (TPSA) is 85.1 Å². The third kappa shape index (κ3) is 4.95. The average molecular weight is 425 g/mol. The van der Waals surface area contributed by atoms with E-state index in [-0.39, 0.29) is 5.91 Å². The molecule has 0 saturated carbocycles. The fourth-order valence-corrected chi connectivity index (χ4v) is 3.55. The molecule has 1 heterocycles. The van der Waals surface area contributed by atoms with Gasteiger partial charge in [0.05, 0.1) is 12.8 Å². The van der Waals surface area contributed by atoms with Crippen molar-refractivity contribution >= 4 is 12.1 Å². The van der Waals surface area contributed by atoms with Crippen LogP contribution in [0.3, 0.4) is 0 Å². The summed E-state index contributed by atoms with van der Waals surface area (Å²) in [5.41, 5.74) is 9.49. The second kappa shape index (κ2) is 9.34. The summed E-state index contributed by atoms with van der Waals surface area (Å²) in [4.78, 5) is 14.0. The van der Waals surface area contributed by atoms with Gasteiger partial charge in [0.25, 0.3) is 5.91 Å². The molecular formula is C25H24N6O. The van der Waals surface area contributed by atoms with Crippen molar-refractivity contribution in [1.29, 1.82) is 0 Å². The van der Waals surface area contributed by atoms with E-state index in [1.165, 1.54) is 10.4 Å². The molecule has 0 aliphatic carbocycles. The van der Waals surface area contributed by atoms with Crippen LogP contribution in [0.4, 0.5) is 0 Å². The van der Waals surface area contributed by atoms with Gasteiger partial charge < -0.3 is 0 Å². The SMILES string of the molecule is Cc1cc(C)c(/C=N/NC(=O)c2ccc(Cn3nnc(-c4ccccc4)n3)cc2)c(C)c1. The van der Waals surface area contributed by atoms with Crippen molar-refractivity contribution in [2.75, 3.05) is 0 Å². The highest BCUT2D eigenvalue weighted by molar-refractivity contribution is 5.95. The first kappa shape index (κ1) is 21.1. The molecule has 4 aromatic rings. The van der Waals surface area contributed by atoms with E-state index < -0.39 is 0 Å². The summed E-state index contributed by atoms with van der Waals surface area (Å²) in [6.07, 6.45) is 1.69. The van der Waals surface area contributed by atoms with Crippen LogP contribution in [0.1, 0.15) is 38.2 Å². The lowest BCUT2D eigenvalue weighted by atomic mass is 10.0. The first-order chi connectivity index (χ1) is 15.5. The summed E-state index contributed by atoms with van der Waals surface area (Å²) < 4.78 is 0. The fourth-order valence-electron chi connectivity index (χ4n) is 3.55. The van der Waals surface area contributed by atoms with Crippen molar-refractivity contribution in [2.45, 2.75) is 27.3 Å². The summed E-state index contributed by atoms with van der Waals surface area (Å²) in [7, 11) is 0. The van der Waals surface area contributed by atoms with Crippen LogP contribution in [0, 0.1) is 20.8 Å². The number of nitrogens with one attached hydrogen (secondary N) is 1. The van der Waals surface area contributed by atoms with E-state index >= 15 is 0 Å². The zero-order chi connectivity index (χ0) is 22.5. The van der Waals surface area contributed by atoms with Crippen molar-refractivity contribution in [3.05, 3.63) is 100 Å². The predicted molar refractivity (Wildman–Crippen MR) is 125 cm³/mol. The highest BCUT2D eigenvalue weighted by Gasteiger charge is 2.08. The second-order valence-electron chi connectivity index (χ2n) is 7.72. The van der Waals surface area contributed by atoms with Crippen LogP contribution in [0.2, 0.25) is 0 Å². The number of hydrogen-bond donors (Lipinski definition) is 1. The van der Waals surface area contributed by atoms with Gasteiger partial charge in [0, 0.05) is 16.7 Å². The van der Waals surface area contributed by atoms with Gasteiger partial charge >= 0.3 is 0 Å². The van der Waals surface area contributed by atoms with Gasteiger partial charge in [0.15, 0.2) is 0 Å². The largest absolute Gasteiger partial charge is 0.271 e. The lowest BCUT2D eigenvalue weighted by Gasteiger charge is -2.07. The fraction of sp³-hybridized carbons (Fsp3) is 0.160. The highest BCUT2D eigenvalue weighted by atomic mass is 16.2. The number of aryl methyl sites for hydroxylation is 3. The van der Waals surface area contributed by atoms with Gasteiger partial charge in [-0.05, 0) is 54.8 Å².